The summed E-state index contributed by atoms with van der Waals surface area (Å²) in [5, 5.41) is 0. The number of fused-ring (bicyclic) bond motifs is 2. The van der Waals surface area contributed by atoms with Crippen LogP contribution in [0.3, 0.4) is 0 Å². The zero-order valence-electron chi connectivity index (χ0n) is 11.4. The maximum Gasteiger partial charge on any atom is 0.263 e. The quantitative estimate of drug-likeness (QED) is 0.783. The van der Waals surface area contributed by atoms with Crippen molar-refractivity contribution in [3.05, 3.63) is 35.4 Å². The zero-order valence-corrected chi connectivity index (χ0v) is 11.4. The van der Waals surface area contributed by atoms with E-state index >= 15 is 0 Å². The molecular formula is C16H21F2N. The summed E-state index contributed by atoms with van der Waals surface area (Å²) < 4.78 is 25.0. The van der Waals surface area contributed by atoms with Gasteiger partial charge in [0, 0.05) is 24.2 Å². The molecule has 104 valence electrons. The summed E-state index contributed by atoms with van der Waals surface area (Å²) in [6.07, 6.45) is 2.85. The fourth-order valence-electron chi connectivity index (χ4n) is 3.78. The van der Waals surface area contributed by atoms with Gasteiger partial charge in [0.05, 0.1) is 0 Å². The number of hydrogen-bond acceptors (Lipinski definition) is 1. The summed E-state index contributed by atoms with van der Waals surface area (Å²) in [5.74, 6) is 0.843. The van der Waals surface area contributed by atoms with Crippen molar-refractivity contribution in [2.75, 3.05) is 0 Å². The molecule has 3 heteroatoms. The second-order valence-corrected chi connectivity index (χ2v) is 6.18. The molecule has 1 nitrogen and oxygen atoms in total. The molecule has 2 atom stereocenters. The van der Waals surface area contributed by atoms with Crippen LogP contribution in [0.25, 0.3) is 0 Å². The number of halogens is 2. The highest BCUT2D eigenvalue weighted by molar-refractivity contribution is 5.23. The number of benzene rings is 1. The van der Waals surface area contributed by atoms with Crippen molar-refractivity contribution in [2.24, 2.45) is 5.92 Å². The Morgan fingerprint density at radius 2 is 1.68 bits per heavy atom. The molecule has 0 spiro atoms. The molecule has 0 aromatic heterocycles. The van der Waals surface area contributed by atoms with Gasteiger partial charge in [0.15, 0.2) is 0 Å². The highest BCUT2D eigenvalue weighted by Crippen LogP contribution is 2.39. The van der Waals surface area contributed by atoms with Gasteiger partial charge in [-0.25, -0.2) is 8.78 Å². The Balaban J connectivity index is 1.68. The molecule has 2 fully saturated rings. The maximum absolute atomic E-state index is 12.5. The molecule has 19 heavy (non-hydrogen) atoms. The molecule has 1 aromatic carbocycles. The molecule has 2 aliphatic heterocycles. The molecule has 2 saturated heterocycles. The molecule has 2 heterocycles. The number of nitrogens with zero attached hydrogens (tertiary/aromatic N) is 1. The average Bonchev–Trinajstić information content (AvgIpc) is 2.62. The van der Waals surface area contributed by atoms with Crippen LogP contribution in [0, 0.1) is 5.92 Å². The van der Waals surface area contributed by atoms with Crippen molar-refractivity contribution in [1.82, 2.24) is 4.90 Å². The van der Waals surface area contributed by atoms with Gasteiger partial charge >= 0.3 is 0 Å². The second kappa shape index (κ2) is 5.20. The largest absolute Gasteiger partial charge is 0.293 e. The Kier molecular flexibility index (Phi) is 3.57. The summed E-state index contributed by atoms with van der Waals surface area (Å²) in [6, 6.07) is 8.27. The summed E-state index contributed by atoms with van der Waals surface area (Å²) in [6.45, 7) is 3.27. The van der Waals surface area contributed by atoms with E-state index in [0.29, 0.717) is 12.1 Å². The van der Waals surface area contributed by atoms with Crippen LogP contribution >= 0.6 is 0 Å². The fraction of sp³-hybridized carbons (Fsp3) is 0.625. The van der Waals surface area contributed by atoms with Gasteiger partial charge in [0.25, 0.3) is 6.43 Å². The van der Waals surface area contributed by atoms with Crippen LogP contribution < -0.4 is 0 Å². The Hall–Kier alpha value is -0.960. The predicted molar refractivity (Wildman–Crippen MR) is 72.2 cm³/mol. The maximum atomic E-state index is 12.5. The molecule has 3 rings (SSSR count). The van der Waals surface area contributed by atoms with Crippen LogP contribution in [0.15, 0.2) is 24.3 Å². The molecule has 0 radical (unpaired) electrons. The van der Waals surface area contributed by atoms with Gasteiger partial charge < -0.3 is 0 Å². The van der Waals surface area contributed by atoms with E-state index in [4.69, 9.17) is 0 Å². The SMILES string of the molecule is CC1CC2CCC(C1)N2Cc1ccc(C(F)F)cc1. The van der Waals surface area contributed by atoms with Gasteiger partial charge in [-0.1, -0.05) is 31.2 Å². The minimum absolute atomic E-state index is 0.124. The van der Waals surface area contributed by atoms with Gasteiger partial charge in [0.1, 0.15) is 0 Å². The average molecular weight is 265 g/mol. The lowest BCUT2D eigenvalue weighted by Gasteiger charge is -2.37. The molecule has 2 aliphatic rings. The summed E-state index contributed by atoms with van der Waals surface area (Å²) >= 11 is 0. The molecule has 1 aromatic rings. The van der Waals surface area contributed by atoms with Crippen molar-refractivity contribution in [2.45, 2.75) is 57.7 Å². The molecular weight excluding hydrogens is 244 g/mol. The third-order valence-electron chi connectivity index (χ3n) is 4.72. The van der Waals surface area contributed by atoms with Gasteiger partial charge in [-0.2, -0.15) is 0 Å². The Morgan fingerprint density at radius 3 is 2.21 bits per heavy atom. The van der Waals surface area contributed by atoms with Crippen molar-refractivity contribution in [3.63, 3.8) is 0 Å². The van der Waals surface area contributed by atoms with Crippen LogP contribution in [0.4, 0.5) is 8.78 Å². The Bertz CT molecular complexity index is 415. The zero-order chi connectivity index (χ0) is 13.4. The summed E-state index contributed by atoms with van der Waals surface area (Å²) in [4.78, 5) is 2.59. The van der Waals surface area contributed by atoms with E-state index in [1.54, 1.807) is 12.1 Å². The first kappa shape index (κ1) is 13.0. The third-order valence-corrected chi connectivity index (χ3v) is 4.72. The van der Waals surface area contributed by atoms with E-state index in [9.17, 15) is 8.78 Å². The molecule has 2 unspecified atom stereocenters. The van der Waals surface area contributed by atoms with E-state index < -0.39 is 6.43 Å². The van der Waals surface area contributed by atoms with Crippen LogP contribution in [0.5, 0.6) is 0 Å². The number of alkyl halides is 2. The fourth-order valence-corrected chi connectivity index (χ4v) is 3.78. The minimum Gasteiger partial charge on any atom is -0.293 e. The van der Waals surface area contributed by atoms with Crippen molar-refractivity contribution < 1.29 is 8.78 Å². The summed E-state index contributed by atoms with van der Waals surface area (Å²) in [7, 11) is 0. The van der Waals surface area contributed by atoms with E-state index in [1.165, 1.54) is 25.7 Å². The van der Waals surface area contributed by atoms with Gasteiger partial charge in [-0.15, -0.1) is 0 Å². The Labute approximate surface area is 113 Å². The van der Waals surface area contributed by atoms with Crippen molar-refractivity contribution in [3.8, 4) is 0 Å². The van der Waals surface area contributed by atoms with Crippen LogP contribution in [0.1, 0.15) is 50.2 Å². The number of hydrogen-bond donors (Lipinski definition) is 0. The molecule has 0 N–H and O–H groups in total. The smallest absolute Gasteiger partial charge is 0.263 e. The lowest BCUT2D eigenvalue weighted by atomic mass is 9.92. The van der Waals surface area contributed by atoms with Crippen LogP contribution in [-0.4, -0.2) is 17.0 Å². The number of rotatable bonds is 3. The lowest BCUT2D eigenvalue weighted by Crippen LogP contribution is -2.41. The summed E-state index contributed by atoms with van der Waals surface area (Å²) in [5.41, 5.74) is 1.29. The minimum atomic E-state index is -2.36. The van der Waals surface area contributed by atoms with E-state index in [-0.39, 0.29) is 5.56 Å². The number of piperidine rings is 1. The van der Waals surface area contributed by atoms with E-state index in [2.05, 4.69) is 11.8 Å². The van der Waals surface area contributed by atoms with Crippen LogP contribution in [0.2, 0.25) is 0 Å². The topological polar surface area (TPSA) is 3.24 Å². The highest BCUT2D eigenvalue weighted by atomic mass is 19.3. The molecule has 0 saturated carbocycles. The predicted octanol–water partition coefficient (Wildman–Crippen LogP) is 4.39. The third kappa shape index (κ3) is 2.66. The Morgan fingerprint density at radius 1 is 1.11 bits per heavy atom. The van der Waals surface area contributed by atoms with Crippen LogP contribution in [-0.2, 0) is 6.54 Å². The first-order valence-corrected chi connectivity index (χ1v) is 7.26. The molecule has 0 aliphatic carbocycles. The molecule has 0 amide bonds. The van der Waals surface area contributed by atoms with E-state index in [1.807, 2.05) is 12.1 Å². The second-order valence-electron chi connectivity index (χ2n) is 6.18. The molecule has 2 bridgehead atoms. The van der Waals surface area contributed by atoms with Gasteiger partial charge in [0.2, 0.25) is 0 Å². The highest BCUT2D eigenvalue weighted by Gasteiger charge is 2.38. The standard InChI is InChI=1S/C16H21F2N/c1-11-8-14-6-7-15(9-11)19(14)10-12-2-4-13(5-3-12)16(17)18/h2-5,11,14-16H,6-10H2,1H3. The van der Waals surface area contributed by atoms with Gasteiger partial charge in [-0.05, 0) is 37.2 Å². The van der Waals surface area contributed by atoms with Crippen molar-refractivity contribution >= 4 is 0 Å². The first-order valence-electron chi connectivity index (χ1n) is 7.26. The van der Waals surface area contributed by atoms with Crippen molar-refractivity contribution in [1.29, 1.82) is 0 Å². The van der Waals surface area contributed by atoms with Gasteiger partial charge in [-0.3, -0.25) is 4.90 Å². The first-order chi connectivity index (χ1) is 9.13. The lowest BCUT2D eigenvalue weighted by molar-refractivity contribution is 0.102. The monoisotopic (exact) mass is 265 g/mol. The van der Waals surface area contributed by atoms with E-state index in [0.717, 1.165) is 18.0 Å². The normalized spacial score (nSPS) is 31.1.